The Hall–Kier alpha value is -1.19. The molecule has 0 bridgehead atoms. The van der Waals surface area contributed by atoms with Crippen LogP contribution in [0.4, 0.5) is 0 Å². The van der Waals surface area contributed by atoms with Crippen molar-refractivity contribution < 1.29 is 17.9 Å². The molecule has 1 aromatic rings. The average molecular weight is 378 g/mol. The summed E-state index contributed by atoms with van der Waals surface area (Å²) < 4.78 is 31.3. The lowest BCUT2D eigenvalue weighted by Gasteiger charge is -2.31. The number of hydrogen-bond donors (Lipinski definition) is 3. The van der Waals surface area contributed by atoms with Crippen LogP contribution in [0.3, 0.4) is 0 Å². The Kier molecular flexibility index (Phi) is 7.62. The van der Waals surface area contributed by atoms with E-state index in [9.17, 15) is 13.2 Å². The van der Waals surface area contributed by atoms with Crippen LogP contribution in [-0.2, 0) is 26.1 Å². The van der Waals surface area contributed by atoms with Crippen molar-refractivity contribution in [2.24, 2.45) is 5.73 Å². The summed E-state index contributed by atoms with van der Waals surface area (Å²) in [6.07, 6.45) is 0.997. The first-order chi connectivity index (χ1) is 10.9. The molecule has 4 N–H and O–H groups in total. The van der Waals surface area contributed by atoms with Crippen molar-refractivity contribution in [3.8, 4) is 0 Å². The Labute approximate surface area is 148 Å². The topological polar surface area (TPSA) is 111 Å². The van der Waals surface area contributed by atoms with E-state index in [0.717, 1.165) is 5.56 Å². The number of nitrogens with one attached hydrogen (secondary N) is 2. The van der Waals surface area contributed by atoms with Gasteiger partial charge in [-0.05, 0) is 30.5 Å². The number of halogens is 1. The van der Waals surface area contributed by atoms with Gasteiger partial charge in [-0.3, -0.25) is 4.79 Å². The molecule has 0 aromatic heterocycles. The molecule has 1 aliphatic heterocycles. The van der Waals surface area contributed by atoms with Gasteiger partial charge in [-0.25, -0.2) is 13.1 Å². The fourth-order valence-electron chi connectivity index (χ4n) is 2.38. The summed E-state index contributed by atoms with van der Waals surface area (Å²) in [4.78, 5) is 12.4. The number of sulfonamides is 1. The highest BCUT2D eigenvalue weighted by molar-refractivity contribution is 7.89. The molecule has 1 fully saturated rings. The summed E-state index contributed by atoms with van der Waals surface area (Å²) in [5, 5.41) is 2.81. The molecule has 9 heteroatoms. The molecule has 1 aromatic carbocycles. The fourth-order valence-corrected chi connectivity index (χ4v) is 3.42. The molecule has 1 heterocycles. The molecule has 136 valence electrons. The van der Waals surface area contributed by atoms with Crippen molar-refractivity contribution in [1.29, 1.82) is 0 Å². The smallest absolute Gasteiger partial charge is 0.240 e. The SMILES string of the molecule is CCNS(=O)(=O)c1ccc(CNC(=O)C2(N)CCOCC2)cc1.Cl. The summed E-state index contributed by atoms with van der Waals surface area (Å²) in [7, 11) is -3.46. The summed E-state index contributed by atoms with van der Waals surface area (Å²) in [5.41, 5.74) is 6.03. The second kappa shape index (κ2) is 8.77. The third-order valence-electron chi connectivity index (χ3n) is 3.86. The van der Waals surface area contributed by atoms with Crippen LogP contribution in [0, 0.1) is 0 Å². The third kappa shape index (κ3) is 5.15. The minimum atomic E-state index is -3.46. The van der Waals surface area contributed by atoms with Crippen LogP contribution in [0.1, 0.15) is 25.3 Å². The fraction of sp³-hybridized carbons (Fsp3) is 0.533. The standard InChI is InChI=1S/C15H23N3O4S.ClH/c1-2-18-23(20,21)13-5-3-12(4-6-13)11-17-14(19)15(16)7-9-22-10-8-15;/h3-6,18H,2,7-11,16H2,1H3,(H,17,19);1H. The van der Waals surface area contributed by atoms with E-state index in [2.05, 4.69) is 10.0 Å². The van der Waals surface area contributed by atoms with Gasteiger partial charge in [0.15, 0.2) is 0 Å². The maximum absolute atomic E-state index is 12.2. The zero-order valence-electron chi connectivity index (χ0n) is 13.6. The maximum atomic E-state index is 12.2. The van der Waals surface area contributed by atoms with Crippen LogP contribution in [0.2, 0.25) is 0 Å². The monoisotopic (exact) mass is 377 g/mol. The molecule has 0 atom stereocenters. The molecule has 1 saturated heterocycles. The van der Waals surface area contributed by atoms with Gasteiger partial charge in [0.25, 0.3) is 0 Å². The summed E-state index contributed by atoms with van der Waals surface area (Å²) >= 11 is 0. The number of carbonyl (C=O) groups excluding carboxylic acids is 1. The summed E-state index contributed by atoms with van der Waals surface area (Å²) in [6, 6.07) is 6.40. The van der Waals surface area contributed by atoms with E-state index in [-0.39, 0.29) is 23.2 Å². The van der Waals surface area contributed by atoms with Crippen molar-refractivity contribution in [2.45, 2.75) is 36.7 Å². The number of hydrogen-bond acceptors (Lipinski definition) is 5. The normalized spacial score (nSPS) is 16.9. The predicted molar refractivity (Wildman–Crippen MR) is 93.4 cm³/mol. The lowest BCUT2D eigenvalue weighted by Crippen LogP contribution is -2.56. The van der Waals surface area contributed by atoms with Crippen molar-refractivity contribution >= 4 is 28.3 Å². The van der Waals surface area contributed by atoms with Gasteiger partial charge < -0.3 is 15.8 Å². The molecule has 24 heavy (non-hydrogen) atoms. The highest BCUT2D eigenvalue weighted by Gasteiger charge is 2.35. The first-order valence-corrected chi connectivity index (χ1v) is 9.09. The van der Waals surface area contributed by atoms with Gasteiger partial charge in [0.05, 0.1) is 10.4 Å². The van der Waals surface area contributed by atoms with Gasteiger partial charge in [0.1, 0.15) is 0 Å². The summed E-state index contributed by atoms with van der Waals surface area (Å²) in [6.45, 7) is 3.34. The second-order valence-electron chi connectivity index (χ2n) is 5.60. The van der Waals surface area contributed by atoms with Gasteiger partial charge in [0, 0.05) is 26.3 Å². The molecular formula is C15H24ClN3O4S. The van der Waals surface area contributed by atoms with Gasteiger partial charge in [-0.15, -0.1) is 12.4 Å². The Morgan fingerprint density at radius 2 is 1.83 bits per heavy atom. The van der Waals surface area contributed by atoms with Crippen LogP contribution in [0.25, 0.3) is 0 Å². The van der Waals surface area contributed by atoms with Crippen molar-refractivity contribution in [3.05, 3.63) is 29.8 Å². The second-order valence-corrected chi connectivity index (χ2v) is 7.36. The zero-order chi connectivity index (χ0) is 16.9. The molecule has 2 rings (SSSR count). The van der Waals surface area contributed by atoms with Crippen molar-refractivity contribution in [2.75, 3.05) is 19.8 Å². The highest BCUT2D eigenvalue weighted by atomic mass is 35.5. The molecule has 1 amide bonds. The molecule has 0 saturated carbocycles. The number of amides is 1. The number of carbonyl (C=O) groups is 1. The van der Waals surface area contributed by atoms with E-state index >= 15 is 0 Å². The largest absolute Gasteiger partial charge is 0.381 e. The van der Waals surface area contributed by atoms with Gasteiger partial charge in [-0.1, -0.05) is 19.1 Å². The Bertz CT molecular complexity index is 643. The third-order valence-corrected chi connectivity index (χ3v) is 5.42. The molecule has 0 unspecified atom stereocenters. The van der Waals surface area contributed by atoms with E-state index in [4.69, 9.17) is 10.5 Å². The molecule has 7 nitrogen and oxygen atoms in total. The van der Waals surface area contributed by atoms with E-state index < -0.39 is 15.6 Å². The van der Waals surface area contributed by atoms with Gasteiger partial charge in [-0.2, -0.15) is 0 Å². The average Bonchev–Trinajstić information content (AvgIpc) is 2.53. The predicted octanol–water partition coefficient (Wildman–Crippen LogP) is 0.531. The quantitative estimate of drug-likeness (QED) is 0.669. The Balaban J connectivity index is 0.00000288. The van der Waals surface area contributed by atoms with Crippen LogP contribution >= 0.6 is 12.4 Å². The van der Waals surface area contributed by atoms with E-state index in [0.29, 0.717) is 39.1 Å². The summed E-state index contributed by atoms with van der Waals surface area (Å²) in [5.74, 6) is -0.204. The van der Waals surface area contributed by atoms with Crippen molar-refractivity contribution in [3.63, 3.8) is 0 Å². The first-order valence-electron chi connectivity index (χ1n) is 7.61. The van der Waals surface area contributed by atoms with Crippen LogP contribution < -0.4 is 15.8 Å². The van der Waals surface area contributed by atoms with Crippen LogP contribution in [0.5, 0.6) is 0 Å². The molecular weight excluding hydrogens is 354 g/mol. The molecule has 0 aliphatic carbocycles. The molecule has 0 spiro atoms. The lowest BCUT2D eigenvalue weighted by atomic mass is 9.90. The minimum absolute atomic E-state index is 0. The molecule has 1 aliphatic rings. The van der Waals surface area contributed by atoms with Gasteiger partial charge >= 0.3 is 0 Å². The zero-order valence-corrected chi connectivity index (χ0v) is 15.2. The number of rotatable bonds is 6. The van der Waals surface area contributed by atoms with Crippen molar-refractivity contribution in [1.82, 2.24) is 10.0 Å². The lowest BCUT2D eigenvalue weighted by molar-refractivity contribution is -0.129. The molecule has 0 radical (unpaired) electrons. The van der Waals surface area contributed by atoms with E-state index in [1.807, 2.05) is 0 Å². The maximum Gasteiger partial charge on any atom is 0.240 e. The van der Waals surface area contributed by atoms with Crippen LogP contribution in [0.15, 0.2) is 29.2 Å². The number of nitrogens with two attached hydrogens (primary N) is 1. The Morgan fingerprint density at radius 1 is 1.25 bits per heavy atom. The van der Waals surface area contributed by atoms with E-state index in [1.54, 1.807) is 19.1 Å². The number of benzene rings is 1. The van der Waals surface area contributed by atoms with Gasteiger partial charge in [0.2, 0.25) is 15.9 Å². The van der Waals surface area contributed by atoms with E-state index in [1.165, 1.54) is 12.1 Å². The Morgan fingerprint density at radius 3 is 2.38 bits per heavy atom. The minimum Gasteiger partial charge on any atom is -0.381 e. The highest BCUT2D eigenvalue weighted by Crippen LogP contribution is 2.18. The van der Waals surface area contributed by atoms with Crippen LogP contribution in [-0.4, -0.2) is 39.6 Å². The number of ether oxygens (including phenoxy) is 1. The first kappa shape index (κ1) is 20.9.